The second-order valence-corrected chi connectivity index (χ2v) is 8.41. The van der Waals surface area contributed by atoms with Gasteiger partial charge in [0.2, 0.25) is 11.0 Å². The van der Waals surface area contributed by atoms with Gasteiger partial charge in [0.1, 0.15) is 17.1 Å². The molecule has 5 rings (SSSR count). The van der Waals surface area contributed by atoms with E-state index < -0.39 is 0 Å². The van der Waals surface area contributed by atoms with E-state index >= 15 is 0 Å². The Morgan fingerprint density at radius 3 is 2.86 bits per heavy atom. The van der Waals surface area contributed by atoms with Gasteiger partial charge in [-0.3, -0.25) is 4.79 Å². The average Bonchev–Trinajstić information content (AvgIpc) is 3.46. The van der Waals surface area contributed by atoms with Crippen LogP contribution in [0.2, 0.25) is 0 Å². The van der Waals surface area contributed by atoms with E-state index in [4.69, 9.17) is 9.40 Å². The van der Waals surface area contributed by atoms with E-state index in [1.165, 1.54) is 17.8 Å². The highest BCUT2D eigenvalue weighted by atomic mass is 32.1. The topological polar surface area (TPSA) is 73.0 Å². The van der Waals surface area contributed by atoms with Crippen molar-refractivity contribution >= 4 is 34.0 Å². The van der Waals surface area contributed by atoms with E-state index in [1.807, 2.05) is 48.7 Å². The number of rotatable bonds is 4. The van der Waals surface area contributed by atoms with E-state index in [-0.39, 0.29) is 11.8 Å². The summed E-state index contributed by atoms with van der Waals surface area (Å²) in [4.78, 5) is 17.4. The lowest BCUT2D eigenvalue weighted by atomic mass is 9.89. The number of carbonyl (C=O) groups is 1. The van der Waals surface area contributed by atoms with Crippen molar-refractivity contribution in [2.75, 3.05) is 5.32 Å². The Balaban J connectivity index is 1.42. The summed E-state index contributed by atoms with van der Waals surface area (Å²) in [7, 11) is 0. The van der Waals surface area contributed by atoms with Crippen LogP contribution in [0.15, 0.2) is 46.2 Å². The summed E-state index contributed by atoms with van der Waals surface area (Å²) in [5, 5.41) is 11.3. The molecule has 1 aliphatic carbocycles. The highest BCUT2D eigenvalue weighted by Gasteiger charge is 2.23. The minimum Gasteiger partial charge on any atom is -0.454 e. The Bertz CT molecular complexity index is 1130. The number of furan rings is 1. The van der Waals surface area contributed by atoms with Crippen LogP contribution in [0.1, 0.15) is 37.8 Å². The van der Waals surface area contributed by atoms with E-state index in [9.17, 15) is 4.79 Å². The Hall–Kier alpha value is -2.93. The van der Waals surface area contributed by atoms with Crippen molar-refractivity contribution in [2.45, 2.75) is 39.0 Å². The normalized spacial score (nSPS) is 15.1. The molecule has 0 bridgehead atoms. The number of aromatic nitrogens is 3. The highest BCUT2D eigenvalue weighted by molar-refractivity contribution is 7.12. The van der Waals surface area contributed by atoms with Gasteiger partial charge in [0, 0.05) is 22.8 Å². The standard InChI is InChI=1S/C22H22N4O2S/c1-14-11-20(24-21(27)15-7-3-2-4-8-15)26(25-14)22-23-17(13-29-22)19-12-16-9-5-6-10-18(16)28-19/h5-6,9-13,15H,2-4,7-8H2,1H3,(H,24,27). The molecule has 1 N–H and O–H groups in total. The largest absolute Gasteiger partial charge is 0.454 e. The minimum absolute atomic E-state index is 0.0833. The summed E-state index contributed by atoms with van der Waals surface area (Å²) in [6.45, 7) is 1.92. The molecular formula is C22H22N4O2S. The number of benzene rings is 1. The number of nitrogens with zero attached hydrogens (tertiary/aromatic N) is 3. The molecule has 1 saturated carbocycles. The van der Waals surface area contributed by atoms with Crippen molar-refractivity contribution in [2.24, 2.45) is 5.92 Å². The number of hydrogen-bond acceptors (Lipinski definition) is 5. The Labute approximate surface area is 172 Å². The van der Waals surface area contributed by atoms with Crippen LogP contribution in [0.25, 0.3) is 27.6 Å². The van der Waals surface area contributed by atoms with E-state index in [2.05, 4.69) is 10.4 Å². The summed E-state index contributed by atoms with van der Waals surface area (Å²) in [6.07, 6.45) is 5.41. The number of hydrogen-bond donors (Lipinski definition) is 1. The molecule has 1 fully saturated rings. The molecule has 3 heterocycles. The van der Waals surface area contributed by atoms with E-state index in [0.29, 0.717) is 10.9 Å². The fourth-order valence-electron chi connectivity index (χ4n) is 3.91. The van der Waals surface area contributed by atoms with Gasteiger partial charge in [0.25, 0.3) is 0 Å². The number of para-hydroxylation sites is 1. The SMILES string of the molecule is Cc1cc(NC(=O)C2CCCCC2)n(-c2nc(-c3cc4ccccc4o3)cs2)n1. The first-order chi connectivity index (χ1) is 14.2. The van der Waals surface area contributed by atoms with Crippen molar-refractivity contribution in [1.29, 1.82) is 0 Å². The van der Waals surface area contributed by atoms with Crippen LogP contribution in [-0.2, 0) is 4.79 Å². The first-order valence-corrected chi connectivity index (χ1v) is 10.9. The van der Waals surface area contributed by atoms with Crippen LogP contribution < -0.4 is 5.32 Å². The molecular weight excluding hydrogens is 384 g/mol. The summed E-state index contributed by atoms with van der Waals surface area (Å²) < 4.78 is 7.64. The molecule has 4 aromatic rings. The van der Waals surface area contributed by atoms with Crippen LogP contribution >= 0.6 is 11.3 Å². The van der Waals surface area contributed by atoms with Gasteiger partial charge >= 0.3 is 0 Å². The molecule has 6 nitrogen and oxygen atoms in total. The van der Waals surface area contributed by atoms with Gasteiger partial charge in [-0.25, -0.2) is 4.98 Å². The maximum absolute atomic E-state index is 12.7. The lowest BCUT2D eigenvalue weighted by molar-refractivity contribution is -0.120. The molecule has 1 amide bonds. The number of fused-ring (bicyclic) bond motifs is 1. The first-order valence-electron chi connectivity index (χ1n) is 10.00. The van der Waals surface area contributed by atoms with Crippen molar-refractivity contribution < 1.29 is 9.21 Å². The monoisotopic (exact) mass is 406 g/mol. The third-order valence-corrected chi connectivity index (χ3v) is 6.23. The zero-order chi connectivity index (χ0) is 19.8. The summed E-state index contributed by atoms with van der Waals surface area (Å²) in [5.74, 6) is 1.57. The lowest BCUT2D eigenvalue weighted by Gasteiger charge is -2.20. The molecule has 0 aliphatic heterocycles. The zero-order valence-corrected chi connectivity index (χ0v) is 17.0. The Kier molecular flexibility index (Phi) is 4.67. The smallest absolute Gasteiger partial charge is 0.228 e. The number of anilines is 1. The van der Waals surface area contributed by atoms with Crippen LogP contribution in [0, 0.1) is 12.8 Å². The Morgan fingerprint density at radius 2 is 2.03 bits per heavy atom. The second kappa shape index (κ2) is 7.48. The van der Waals surface area contributed by atoms with Crippen molar-refractivity contribution in [3.05, 3.63) is 47.5 Å². The first kappa shape index (κ1) is 18.1. The number of aryl methyl sites for hydroxylation is 1. The average molecular weight is 407 g/mol. The maximum atomic E-state index is 12.7. The molecule has 29 heavy (non-hydrogen) atoms. The third kappa shape index (κ3) is 3.58. The number of carbonyl (C=O) groups excluding carboxylic acids is 1. The van der Waals surface area contributed by atoms with Crippen LogP contribution in [0.3, 0.4) is 0 Å². The third-order valence-electron chi connectivity index (χ3n) is 5.41. The van der Waals surface area contributed by atoms with Crippen LogP contribution in [-0.4, -0.2) is 20.7 Å². The summed E-state index contributed by atoms with van der Waals surface area (Å²) in [5.41, 5.74) is 2.44. The Morgan fingerprint density at radius 1 is 1.21 bits per heavy atom. The van der Waals surface area contributed by atoms with E-state index in [0.717, 1.165) is 53.8 Å². The van der Waals surface area contributed by atoms with Gasteiger partial charge in [-0.15, -0.1) is 11.3 Å². The molecule has 7 heteroatoms. The fourth-order valence-corrected chi connectivity index (χ4v) is 4.69. The molecule has 1 aromatic carbocycles. The molecule has 148 valence electrons. The molecule has 3 aromatic heterocycles. The lowest BCUT2D eigenvalue weighted by Crippen LogP contribution is -2.25. The van der Waals surface area contributed by atoms with Crippen molar-refractivity contribution in [3.63, 3.8) is 0 Å². The minimum atomic E-state index is 0.0833. The van der Waals surface area contributed by atoms with Gasteiger partial charge in [-0.2, -0.15) is 9.78 Å². The number of nitrogens with one attached hydrogen (secondary N) is 1. The quantitative estimate of drug-likeness (QED) is 0.481. The molecule has 0 radical (unpaired) electrons. The summed E-state index contributed by atoms with van der Waals surface area (Å²) >= 11 is 1.48. The van der Waals surface area contributed by atoms with E-state index in [1.54, 1.807) is 4.68 Å². The van der Waals surface area contributed by atoms with Gasteiger partial charge < -0.3 is 9.73 Å². The number of amides is 1. The fraction of sp³-hybridized carbons (Fsp3) is 0.318. The van der Waals surface area contributed by atoms with Crippen LogP contribution in [0.4, 0.5) is 5.82 Å². The molecule has 0 spiro atoms. The summed E-state index contributed by atoms with van der Waals surface area (Å²) in [6, 6.07) is 11.8. The maximum Gasteiger partial charge on any atom is 0.228 e. The predicted octanol–water partition coefficient (Wildman–Crippen LogP) is 5.57. The van der Waals surface area contributed by atoms with Crippen LogP contribution in [0.5, 0.6) is 0 Å². The highest BCUT2D eigenvalue weighted by Crippen LogP contribution is 2.31. The predicted molar refractivity (Wildman–Crippen MR) is 114 cm³/mol. The molecule has 0 atom stereocenters. The second-order valence-electron chi connectivity index (χ2n) is 7.57. The molecule has 1 aliphatic rings. The van der Waals surface area contributed by atoms with Crippen molar-refractivity contribution in [1.82, 2.24) is 14.8 Å². The number of thiazole rings is 1. The van der Waals surface area contributed by atoms with Gasteiger partial charge in [0.05, 0.1) is 5.69 Å². The molecule has 0 unspecified atom stereocenters. The van der Waals surface area contributed by atoms with Gasteiger partial charge in [0.15, 0.2) is 5.76 Å². The van der Waals surface area contributed by atoms with Crippen molar-refractivity contribution in [3.8, 4) is 16.6 Å². The van der Waals surface area contributed by atoms with Gasteiger partial charge in [-0.05, 0) is 31.9 Å². The van der Waals surface area contributed by atoms with Gasteiger partial charge in [-0.1, -0.05) is 37.5 Å². The zero-order valence-electron chi connectivity index (χ0n) is 16.2. The molecule has 0 saturated heterocycles.